The van der Waals surface area contributed by atoms with Crippen molar-refractivity contribution in [2.45, 2.75) is 32.4 Å². The lowest BCUT2D eigenvalue weighted by Gasteiger charge is -2.23. The van der Waals surface area contributed by atoms with E-state index in [1.165, 1.54) is 0 Å². The Morgan fingerprint density at radius 3 is 3.20 bits per heavy atom. The average molecular weight is 270 g/mol. The summed E-state index contributed by atoms with van der Waals surface area (Å²) in [6.07, 6.45) is 3.58. The van der Waals surface area contributed by atoms with Gasteiger partial charge in [-0.15, -0.1) is 15.3 Å². The van der Waals surface area contributed by atoms with Crippen molar-refractivity contribution in [3.05, 3.63) is 30.1 Å². The molecule has 3 aromatic heterocycles. The van der Waals surface area contributed by atoms with E-state index in [4.69, 9.17) is 0 Å². The van der Waals surface area contributed by atoms with Gasteiger partial charge in [0, 0.05) is 12.5 Å². The summed E-state index contributed by atoms with van der Waals surface area (Å²) < 4.78 is 3.69. The van der Waals surface area contributed by atoms with Crippen molar-refractivity contribution >= 4 is 11.5 Å². The molecule has 1 atom stereocenters. The van der Waals surface area contributed by atoms with E-state index in [0.29, 0.717) is 6.04 Å². The van der Waals surface area contributed by atoms with Crippen LogP contribution in [0.25, 0.3) is 5.65 Å². The van der Waals surface area contributed by atoms with Crippen LogP contribution in [0.1, 0.15) is 18.1 Å². The molecule has 0 aromatic carbocycles. The zero-order chi connectivity index (χ0) is 13.5. The van der Waals surface area contributed by atoms with Gasteiger partial charge in [-0.2, -0.15) is 9.61 Å². The van der Waals surface area contributed by atoms with E-state index in [2.05, 4.69) is 30.7 Å². The van der Waals surface area contributed by atoms with Crippen LogP contribution in [-0.2, 0) is 13.0 Å². The third-order valence-electron chi connectivity index (χ3n) is 3.58. The summed E-state index contributed by atoms with van der Waals surface area (Å²) in [6.45, 7) is 2.70. The van der Waals surface area contributed by atoms with Gasteiger partial charge in [0.15, 0.2) is 11.5 Å². The molecule has 0 aliphatic carbocycles. The summed E-state index contributed by atoms with van der Waals surface area (Å²) in [5.41, 5.74) is 0.759. The van der Waals surface area contributed by atoms with Crippen LogP contribution >= 0.6 is 0 Å². The third-order valence-corrected chi connectivity index (χ3v) is 3.58. The molecule has 1 N–H and O–H groups in total. The maximum Gasteiger partial charge on any atom is 0.178 e. The standard InChI is InChI=1S/C12H14N8/c1-8-16-17-12-5-3-10(18-20(8)12)15-9-2-4-11-13-7-14-19(11)6-9/h3,5,7,9H,2,4,6H2,1H3,(H,15,18). The summed E-state index contributed by atoms with van der Waals surface area (Å²) in [7, 11) is 0. The molecule has 0 saturated heterocycles. The van der Waals surface area contributed by atoms with Crippen LogP contribution in [0.5, 0.6) is 0 Å². The van der Waals surface area contributed by atoms with Crippen molar-refractivity contribution in [3.8, 4) is 0 Å². The second kappa shape index (κ2) is 4.26. The minimum atomic E-state index is 0.311. The number of rotatable bonds is 2. The molecule has 1 aliphatic rings. The zero-order valence-electron chi connectivity index (χ0n) is 11.1. The molecule has 0 saturated carbocycles. The second-order valence-corrected chi connectivity index (χ2v) is 4.97. The molecule has 102 valence electrons. The summed E-state index contributed by atoms with van der Waals surface area (Å²) in [5.74, 6) is 2.67. The number of hydrogen-bond acceptors (Lipinski definition) is 6. The molecule has 3 aromatic rings. The molecule has 8 nitrogen and oxygen atoms in total. The Morgan fingerprint density at radius 2 is 2.25 bits per heavy atom. The summed E-state index contributed by atoms with van der Waals surface area (Å²) in [6, 6.07) is 4.16. The normalized spacial score (nSPS) is 18.1. The molecule has 4 heterocycles. The highest BCUT2D eigenvalue weighted by Crippen LogP contribution is 2.16. The number of aromatic nitrogens is 7. The first-order valence-electron chi connectivity index (χ1n) is 6.62. The molecular formula is C12H14N8. The van der Waals surface area contributed by atoms with Crippen molar-refractivity contribution in [1.29, 1.82) is 0 Å². The molecular weight excluding hydrogens is 256 g/mol. The highest BCUT2D eigenvalue weighted by Gasteiger charge is 2.20. The number of nitrogens with zero attached hydrogens (tertiary/aromatic N) is 7. The zero-order valence-corrected chi connectivity index (χ0v) is 11.1. The topological polar surface area (TPSA) is 85.8 Å². The Kier molecular flexibility index (Phi) is 2.41. The first kappa shape index (κ1) is 11.3. The SMILES string of the molecule is Cc1nnc2ccc(NC3CCc4ncnn4C3)nn12. The van der Waals surface area contributed by atoms with Crippen molar-refractivity contribution in [1.82, 2.24) is 34.6 Å². The Hall–Kier alpha value is -2.51. The fourth-order valence-electron chi connectivity index (χ4n) is 2.54. The van der Waals surface area contributed by atoms with Gasteiger partial charge in [-0.3, -0.25) is 0 Å². The molecule has 8 heteroatoms. The van der Waals surface area contributed by atoms with E-state index in [1.807, 2.05) is 23.7 Å². The van der Waals surface area contributed by atoms with E-state index < -0.39 is 0 Å². The molecule has 0 spiro atoms. The number of fused-ring (bicyclic) bond motifs is 2. The molecule has 0 bridgehead atoms. The lowest BCUT2D eigenvalue weighted by molar-refractivity contribution is 0.440. The van der Waals surface area contributed by atoms with Crippen LogP contribution in [-0.4, -0.2) is 40.6 Å². The molecule has 4 rings (SSSR count). The quantitative estimate of drug-likeness (QED) is 0.727. The molecule has 20 heavy (non-hydrogen) atoms. The van der Waals surface area contributed by atoms with Gasteiger partial charge in [-0.05, 0) is 25.5 Å². The first-order chi connectivity index (χ1) is 9.79. The van der Waals surface area contributed by atoms with Gasteiger partial charge in [-0.1, -0.05) is 0 Å². The highest BCUT2D eigenvalue weighted by molar-refractivity contribution is 5.44. The molecule has 0 radical (unpaired) electrons. The number of aryl methyl sites for hydroxylation is 2. The van der Waals surface area contributed by atoms with E-state index in [0.717, 1.165) is 42.5 Å². The number of hydrogen-bond donors (Lipinski definition) is 1. The van der Waals surface area contributed by atoms with Gasteiger partial charge in [0.2, 0.25) is 0 Å². The van der Waals surface area contributed by atoms with Gasteiger partial charge in [0.25, 0.3) is 0 Å². The Bertz CT molecular complexity index is 758. The predicted molar refractivity (Wildman–Crippen MR) is 71.3 cm³/mol. The van der Waals surface area contributed by atoms with Gasteiger partial charge >= 0.3 is 0 Å². The van der Waals surface area contributed by atoms with Gasteiger partial charge in [0.1, 0.15) is 18.0 Å². The number of anilines is 1. The van der Waals surface area contributed by atoms with E-state index in [9.17, 15) is 0 Å². The minimum Gasteiger partial charge on any atom is -0.364 e. The first-order valence-corrected chi connectivity index (χ1v) is 6.62. The molecule has 1 unspecified atom stereocenters. The summed E-state index contributed by atoms with van der Waals surface area (Å²) in [5, 5.41) is 20.2. The fraction of sp³-hybridized carbons (Fsp3) is 0.417. The van der Waals surface area contributed by atoms with Crippen LogP contribution in [0.2, 0.25) is 0 Å². The number of nitrogens with one attached hydrogen (secondary N) is 1. The second-order valence-electron chi connectivity index (χ2n) is 4.97. The van der Waals surface area contributed by atoms with Crippen LogP contribution in [0.4, 0.5) is 5.82 Å². The maximum absolute atomic E-state index is 4.51. The molecule has 0 amide bonds. The lowest BCUT2D eigenvalue weighted by atomic mass is 10.1. The van der Waals surface area contributed by atoms with Crippen molar-refractivity contribution in [2.24, 2.45) is 0 Å². The molecule has 1 aliphatic heterocycles. The average Bonchev–Trinajstić information content (AvgIpc) is 3.06. The summed E-state index contributed by atoms with van der Waals surface area (Å²) in [4.78, 5) is 4.23. The lowest BCUT2D eigenvalue weighted by Crippen LogP contribution is -2.32. The van der Waals surface area contributed by atoms with Crippen molar-refractivity contribution < 1.29 is 0 Å². The van der Waals surface area contributed by atoms with E-state index >= 15 is 0 Å². The van der Waals surface area contributed by atoms with Crippen LogP contribution in [0.3, 0.4) is 0 Å². The Labute approximate surface area is 114 Å². The minimum absolute atomic E-state index is 0.311. The van der Waals surface area contributed by atoms with Crippen molar-refractivity contribution in [3.63, 3.8) is 0 Å². The predicted octanol–water partition coefficient (Wildman–Crippen LogP) is 0.451. The Balaban J connectivity index is 1.57. The van der Waals surface area contributed by atoms with Crippen LogP contribution in [0.15, 0.2) is 18.5 Å². The Morgan fingerprint density at radius 1 is 1.30 bits per heavy atom. The van der Waals surface area contributed by atoms with Gasteiger partial charge in [0.05, 0.1) is 6.54 Å². The van der Waals surface area contributed by atoms with E-state index in [-0.39, 0.29) is 0 Å². The van der Waals surface area contributed by atoms with Gasteiger partial charge < -0.3 is 5.32 Å². The smallest absolute Gasteiger partial charge is 0.178 e. The van der Waals surface area contributed by atoms with Crippen molar-refractivity contribution in [2.75, 3.05) is 5.32 Å². The van der Waals surface area contributed by atoms with Crippen LogP contribution in [0, 0.1) is 6.92 Å². The highest BCUT2D eigenvalue weighted by atomic mass is 15.4. The fourth-order valence-corrected chi connectivity index (χ4v) is 2.54. The maximum atomic E-state index is 4.51. The largest absolute Gasteiger partial charge is 0.364 e. The van der Waals surface area contributed by atoms with E-state index in [1.54, 1.807) is 10.8 Å². The van der Waals surface area contributed by atoms with Gasteiger partial charge in [-0.25, -0.2) is 9.67 Å². The monoisotopic (exact) mass is 270 g/mol. The molecule has 0 fully saturated rings. The third kappa shape index (κ3) is 1.80. The van der Waals surface area contributed by atoms with Crippen LogP contribution < -0.4 is 5.32 Å². The summed E-state index contributed by atoms with van der Waals surface area (Å²) >= 11 is 0.